The van der Waals surface area contributed by atoms with Crippen molar-refractivity contribution in [1.82, 2.24) is 4.72 Å². The number of nitrogens with one attached hydrogen (secondary N) is 1. The number of sulfonamides is 1. The Morgan fingerprint density at radius 1 is 1.12 bits per heavy atom. The number of rotatable bonds is 5. The van der Waals surface area contributed by atoms with Crippen LogP contribution < -0.4 is 4.72 Å². The van der Waals surface area contributed by atoms with Crippen molar-refractivity contribution in [3.63, 3.8) is 0 Å². The molecule has 0 fully saturated rings. The van der Waals surface area contributed by atoms with E-state index in [4.69, 9.17) is 0 Å². The van der Waals surface area contributed by atoms with Crippen LogP contribution in [-0.4, -0.2) is 14.7 Å². The minimum absolute atomic E-state index is 0.182. The highest BCUT2D eigenvalue weighted by molar-refractivity contribution is 7.88. The molecule has 1 aromatic carbocycles. The van der Waals surface area contributed by atoms with Crippen molar-refractivity contribution >= 4 is 10.0 Å². The van der Waals surface area contributed by atoms with Crippen LogP contribution in [0.3, 0.4) is 0 Å². The lowest BCUT2D eigenvalue weighted by molar-refractivity contribution is 0.573. The zero-order chi connectivity index (χ0) is 13.1. The Kier molecular flexibility index (Phi) is 4.71. The van der Waals surface area contributed by atoms with Crippen molar-refractivity contribution in [1.29, 1.82) is 0 Å². The van der Waals surface area contributed by atoms with E-state index in [-0.39, 0.29) is 6.04 Å². The summed E-state index contributed by atoms with van der Waals surface area (Å²) >= 11 is 0. The lowest BCUT2D eigenvalue weighted by Gasteiger charge is -2.13. The van der Waals surface area contributed by atoms with Crippen LogP contribution in [0.1, 0.15) is 37.9 Å². The molecular weight excluding hydrogens is 234 g/mol. The summed E-state index contributed by atoms with van der Waals surface area (Å²) in [5.41, 5.74) is 2.28. The van der Waals surface area contributed by atoms with Crippen molar-refractivity contribution in [3.8, 4) is 0 Å². The van der Waals surface area contributed by atoms with Gasteiger partial charge in [-0.1, -0.05) is 38.1 Å². The molecule has 96 valence electrons. The van der Waals surface area contributed by atoms with Crippen molar-refractivity contribution < 1.29 is 8.42 Å². The molecule has 1 aromatic rings. The van der Waals surface area contributed by atoms with Gasteiger partial charge in [-0.25, -0.2) is 13.1 Å². The molecule has 1 atom stereocenters. The molecule has 0 aliphatic carbocycles. The van der Waals surface area contributed by atoms with E-state index in [1.54, 1.807) is 0 Å². The second kappa shape index (κ2) is 5.65. The maximum Gasteiger partial charge on any atom is 0.209 e. The molecule has 1 rings (SSSR count). The summed E-state index contributed by atoms with van der Waals surface area (Å²) in [4.78, 5) is 0. The first kappa shape index (κ1) is 14.2. The van der Waals surface area contributed by atoms with Gasteiger partial charge in [-0.05, 0) is 30.4 Å². The summed E-state index contributed by atoms with van der Waals surface area (Å²) in [6.07, 6.45) is 2.23. The molecule has 3 nitrogen and oxygen atoms in total. The molecule has 0 aliphatic rings. The predicted molar refractivity (Wildman–Crippen MR) is 71.4 cm³/mol. The fourth-order valence-electron chi connectivity index (χ4n) is 1.80. The first-order valence-electron chi connectivity index (χ1n) is 5.84. The highest BCUT2D eigenvalue weighted by Gasteiger charge is 2.10. The van der Waals surface area contributed by atoms with Gasteiger partial charge in [0.1, 0.15) is 0 Å². The molecule has 0 saturated heterocycles. The fraction of sp³-hybridized carbons (Fsp3) is 0.538. The highest BCUT2D eigenvalue weighted by atomic mass is 32.2. The highest BCUT2D eigenvalue weighted by Crippen LogP contribution is 2.15. The van der Waals surface area contributed by atoms with E-state index in [0.717, 1.165) is 12.0 Å². The Morgan fingerprint density at radius 2 is 1.65 bits per heavy atom. The molecule has 0 bridgehead atoms. The second-order valence-corrected chi connectivity index (χ2v) is 6.73. The first-order chi connectivity index (χ1) is 7.78. The summed E-state index contributed by atoms with van der Waals surface area (Å²) in [6.45, 7) is 6.21. The second-order valence-electron chi connectivity index (χ2n) is 4.95. The minimum Gasteiger partial charge on any atom is -0.213 e. The molecule has 0 heterocycles. The summed E-state index contributed by atoms with van der Waals surface area (Å²) in [6, 6.07) is 7.92. The van der Waals surface area contributed by atoms with E-state index in [0.29, 0.717) is 5.92 Å². The third-order valence-corrected chi connectivity index (χ3v) is 3.30. The molecule has 0 saturated carbocycles. The van der Waals surface area contributed by atoms with Crippen LogP contribution in [0, 0.1) is 5.92 Å². The van der Waals surface area contributed by atoms with E-state index < -0.39 is 10.0 Å². The standard InChI is InChI=1S/C13H21NO2S/c1-10(2)9-12-5-7-13(8-6-12)11(3)14-17(4,15)16/h5-8,10-11,14H,9H2,1-4H3/t11-/m1/s1. The zero-order valence-corrected chi connectivity index (χ0v) is 11.7. The molecule has 0 radical (unpaired) electrons. The van der Waals surface area contributed by atoms with Crippen LogP contribution >= 0.6 is 0 Å². The molecule has 0 amide bonds. The smallest absolute Gasteiger partial charge is 0.209 e. The van der Waals surface area contributed by atoms with E-state index >= 15 is 0 Å². The molecule has 0 aromatic heterocycles. The predicted octanol–water partition coefficient (Wildman–Crippen LogP) is 2.50. The van der Waals surface area contributed by atoms with Gasteiger partial charge in [0.2, 0.25) is 10.0 Å². The van der Waals surface area contributed by atoms with Gasteiger partial charge < -0.3 is 0 Å². The van der Waals surface area contributed by atoms with Gasteiger partial charge >= 0.3 is 0 Å². The van der Waals surface area contributed by atoms with E-state index in [2.05, 4.69) is 30.7 Å². The van der Waals surface area contributed by atoms with Gasteiger partial charge in [-0.3, -0.25) is 0 Å². The van der Waals surface area contributed by atoms with Crippen LogP contribution in [0.4, 0.5) is 0 Å². The van der Waals surface area contributed by atoms with E-state index in [1.807, 2.05) is 19.1 Å². The largest absolute Gasteiger partial charge is 0.213 e. The normalized spacial score (nSPS) is 13.9. The fourth-order valence-corrected chi connectivity index (χ4v) is 2.58. The van der Waals surface area contributed by atoms with Gasteiger partial charge in [-0.15, -0.1) is 0 Å². The summed E-state index contributed by atoms with van der Waals surface area (Å²) < 4.78 is 24.8. The lowest BCUT2D eigenvalue weighted by atomic mass is 10.0. The Labute approximate surface area is 104 Å². The van der Waals surface area contributed by atoms with Crippen molar-refractivity contribution in [3.05, 3.63) is 35.4 Å². The maximum absolute atomic E-state index is 11.1. The van der Waals surface area contributed by atoms with Gasteiger partial charge in [0, 0.05) is 6.04 Å². The SMILES string of the molecule is CC(C)Cc1ccc([C@@H](C)NS(C)(=O)=O)cc1. The van der Waals surface area contributed by atoms with E-state index in [9.17, 15) is 8.42 Å². The summed E-state index contributed by atoms with van der Waals surface area (Å²) in [7, 11) is -3.15. The van der Waals surface area contributed by atoms with Gasteiger partial charge in [0.25, 0.3) is 0 Å². The molecule has 1 N–H and O–H groups in total. The molecule has 0 unspecified atom stereocenters. The van der Waals surface area contributed by atoms with Crippen LogP contribution in [0.25, 0.3) is 0 Å². The number of hydrogen-bond acceptors (Lipinski definition) is 2. The van der Waals surface area contributed by atoms with Crippen LogP contribution in [0.2, 0.25) is 0 Å². The molecule has 0 aliphatic heterocycles. The molecule has 17 heavy (non-hydrogen) atoms. The van der Waals surface area contributed by atoms with Crippen molar-refractivity contribution in [2.45, 2.75) is 33.2 Å². The maximum atomic E-state index is 11.1. The number of benzene rings is 1. The van der Waals surface area contributed by atoms with Gasteiger partial charge in [0.15, 0.2) is 0 Å². The average Bonchev–Trinajstić information content (AvgIpc) is 2.15. The minimum atomic E-state index is -3.15. The first-order valence-corrected chi connectivity index (χ1v) is 7.73. The molecule has 4 heteroatoms. The Balaban J connectivity index is 2.73. The van der Waals surface area contributed by atoms with Gasteiger partial charge in [-0.2, -0.15) is 0 Å². The van der Waals surface area contributed by atoms with Crippen LogP contribution in [0.5, 0.6) is 0 Å². The average molecular weight is 255 g/mol. The van der Waals surface area contributed by atoms with Crippen molar-refractivity contribution in [2.24, 2.45) is 5.92 Å². The zero-order valence-electron chi connectivity index (χ0n) is 10.9. The monoisotopic (exact) mass is 255 g/mol. The Morgan fingerprint density at radius 3 is 2.06 bits per heavy atom. The lowest BCUT2D eigenvalue weighted by Crippen LogP contribution is -2.25. The Bertz CT molecular complexity index is 449. The van der Waals surface area contributed by atoms with Crippen LogP contribution in [-0.2, 0) is 16.4 Å². The van der Waals surface area contributed by atoms with Crippen LogP contribution in [0.15, 0.2) is 24.3 Å². The summed E-state index contributed by atoms with van der Waals surface area (Å²) in [5, 5.41) is 0. The third kappa shape index (κ3) is 5.33. The quantitative estimate of drug-likeness (QED) is 0.878. The summed E-state index contributed by atoms with van der Waals surface area (Å²) in [5.74, 6) is 0.632. The molecule has 0 spiro atoms. The third-order valence-electron chi connectivity index (χ3n) is 2.51. The molecular formula is C13H21NO2S. The van der Waals surface area contributed by atoms with Crippen molar-refractivity contribution in [2.75, 3.05) is 6.26 Å². The van der Waals surface area contributed by atoms with Gasteiger partial charge in [0.05, 0.1) is 6.26 Å². The van der Waals surface area contributed by atoms with E-state index in [1.165, 1.54) is 11.8 Å². The number of hydrogen-bond donors (Lipinski definition) is 1. The Hall–Kier alpha value is -0.870. The topological polar surface area (TPSA) is 46.2 Å².